The molecule has 4 aromatic rings. The molecule has 1 heterocycles. The Balaban J connectivity index is 1.92. The van der Waals surface area contributed by atoms with Gasteiger partial charge >= 0.3 is 0 Å². The van der Waals surface area contributed by atoms with Crippen molar-refractivity contribution in [2.75, 3.05) is 7.11 Å². The Morgan fingerprint density at radius 3 is 1.88 bits per heavy atom. The SMILES string of the molecule is COc1ccc2ccccc2c1-c1c(S(=O)(=O)N2[C@H](C)CC[C@H]2C)ccc2ccccc12. The molecular formula is C27H27NO3S. The molecule has 0 spiro atoms. The molecule has 4 aromatic carbocycles. The Hall–Kier alpha value is -2.89. The molecule has 1 aliphatic rings. The first-order valence-electron chi connectivity index (χ1n) is 11.0. The molecule has 0 bridgehead atoms. The van der Waals surface area contributed by atoms with Crippen LogP contribution < -0.4 is 4.74 Å². The van der Waals surface area contributed by atoms with E-state index in [0.717, 1.165) is 39.9 Å². The summed E-state index contributed by atoms with van der Waals surface area (Å²) in [7, 11) is -2.09. The molecular weight excluding hydrogens is 418 g/mol. The summed E-state index contributed by atoms with van der Waals surface area (Å²) >= 11 is 0. The number of methoxy groups -OCH3 is 1. The largest absolute Gasteiger partial charge is 0.496 e. The highest BCUT2D eigenvalue weighted by molar-refractivity contribution is 7.89. The van der Waals surface area contributed by atoms with Crippen molar-refractivity contribution in [3.8, 4) is 16.9 Å². The lowest BCUT2D eigenvalue weighted by atomic mass is 9.93. The number of fused-ring (bicyclic) bond motifs is 2. The van der Waals surface area contributed by atoms with Gasteiger partial charge in [-0.3, -0.25) is 0 Å². The minimum atomic E-state index is -3.72. The predicted octanol–water partition coefficient (Wildman–Crippen LogP) is 6.23. The van der Waals surface area contributed by atoms with E-state index in [0.29, 0.717) is 16.2 Å². The first kappa shape index (κ1) is 21.0. The Bertz CT molecular complexity index is 1420. The van der Waals surface area contributed by atoms with Gasteiger partial charge in [-0.2, -0.15) is 4.31 Å². The van der Waals surface area contributed by atoms with Crippen LogP contribution in [0.4, 0.5) is 0 Å². The molecule has 32 heavy (non-hydrogen) atoms. The first-order valence-corrected chi connectivity index (χ1v) is 12.5. The summed E-state index contributed by atoms with van der Waals surface area (Å²) in [6.07, 6.45) is 1.75. The summed E-state index contributed by atoms with van der Waals surface area (Å²) in [5, 5.41) is 3.92. The van der Waals surface area contributed by atoms with E-state index >= 15 is 0 Å². The maximum atomic E-state index is 14.1. The zero-order valence-corrected chi connectivity index (χ0v) is 19.4. The van der Waals surface area contributed by atoms with Crippen molar-refractivity contribution in [3.63, 3.8) is 0 Å². The molecule has 164 valence electrons. The third-order valence-electron chi connectivity index (χ3n) is 6.68. The van der Waals surface area contributed by atoms with Gasteiger partial charge < -0.3 is 4.74 Å². The second-order valence-electron chi connectivity index (χ2n) is 8.63. The van der Waals surface area contributed by atoms with Gasteiger partial charge in [0.15, 0.2) is 0 Å². The highest BCUT2D eigenvalue weighted by Gasteiger charge is 2.39. The fourth-order valence-electron chi connectivity index (χ4n) is 5.16. The maximum Gasteiger partial charge on any atom is 0.244 e. The summed E-state index contributed by atoms with van der Waals surface area (Å²) in [6.45, 7) is 4.00. The van der Waals surface area contributed by atoms with E-state index in [-0.39, 0.29) is 12.1 Å². The number of rotatable bonds is 4. The van der Waals surface area contributed by atoms with Gasteiger partial charge in [0.1, 0.15) is 5.75 Å². The van der Waals surface area contributed by atoms with E-state index in [1.54, 1.807) is 17.5 Å². The van der Waals surface area contributed by atoms with E-state index in [9.17, 15) is 8.42 Å². The van der Waals surface area contributed by atoms with Crippen LogP contribution in [0.25, 0.3) is 32.7 Å². The first-order chi connectivity index (χ1) is 15.4. The molecule has 0 aromatic heterocycles. The van der Waals surface area contributed by atoms with E-state index in [1.807, 2.05) is 80.6 Å². The molecule has 0 saturated carbocycles. The van der Waals surface area contributed by atoms with Crippen LogP contribution in [0.3, 0.4) is 0 Å². The van der Waals surface area contributed by atoms with Crippen molar-refractivity contribution >= 4 is 31.6 Å². The van der Waals surface area contributed by atoms with Crippen molar-refractivity contribution in [1.29, 1.82) is 0 Å². The van der Waals surface area contributed by atoms with Gasteiger partial charge in [-0.05, 0) is 60.4 Å². The van der Waals surface area contributed by atoms with Crippen molar-refractivity contribution < 1.29 is 13.2 Å². The van der Waals surface area contributed by atoms with Gasteiger partial charge in [0, 0.05) is 23.2 Å². The fraction of sp³-hybridized carbons (Fsp3) is 0.259. The molecule has 0 N–H and O–H groups in total. The predicted molar refractivity (Wildman–Crippen MR) is 131 cm³/mol. The number of benzene rings is 4. The van der Waals surface area contributed by atoms with E-state index in [2.05, 4.69) is 0 Å². The maximum absolute atomic E-state index is 14.1. The molecule has 4 nitrogen and oxygen atoms in total. The molecule has 0 aliphatic carbocycles. The van der Waals surface area contributed by atoms with Crippen LogP contribution in [-0.2, 0) is 10.0 Å². The quantitative estimate of drug-likeness (QED) is 0.374. The van der Waals surface area contributed by atoms with Gasteiger partial charge in [-0.25, -0.2) is 8.42 Å². The molecule has 1 aliphatic heterocycles. The molecule has 0 unspecified atom stereocenters. The van der Waals surface area contributed by atoms with Gasteiger partial charge in [0.2, 0.25) is 10.0 Å². The standard InChI is InChI=1S/C27H27NO3S/c1-18-12-13-19(2)28(18)32(29,30)25-17-15-21-9-5-7-11-23(21)27(25)26-22-10-6-4-8-20(22)14-16-24(26)31-3/h4-11,14-19H,12-13H2,1-3H3/t18-,19-/m1/s1. The van der Waals surface area contributed by atoms with E-state index < -0.39 is 10.0 Å². The van der Waals surface area contributed by atoms with Gasteiger partial charge in [0.05, 0.1) is 12.0 Å². The van der Waals surface area contributed by atoms with Gasteiger partial charge in [-0.15, -0.1) is 0 Å². The highest BCUT2D eigenvalue weighted by Crippen LogP contribution is 2.45. The lowest BCUT2D eigenvalue weighted by Gasteiger charge is -2.27. The average molecular weight is 446 g/mol. The number of sulfonamides is 1. The highest BCUT2D eigenvalue weighted by atomic mass is 32.2. The lowest BCUT2D eigenvalue weighted by molar-refractivity contribution is 0.350. The summed E-state index contributed by atoms with van der Waals surface area (Å²) in [4.78, 5) is 0.339. The number of nitrogens with zero attached hydrogens (tertiary/aromatic N) is 1. The lowest BCUT2D eigenvalue weighted by Crippen LogP contribution is -2.38. The smallest absolute Gasteiger partial charge is 0.244 e. The number of ether oxygens (including phenoxy) is 1. The van der Waals surface area contributed by atoms with Crippen molar-refractivity contribution in [1.82, 2.24) is 4.31 Å². The number of hydrogen-bond donors (Lipinski definition) is 0. The van der Waals surface area contributed by atoms with Crippen LogP contribution in [0.15, 0.2) is 77.7 Å². The third kappa shape index (κ3) is 3.19. The van der Waals surface area contributed by atoms with Crippen molar-refractivity contribution in [3.05, 3.63) is 72.8 Å². The molecule has 5 heteroatoms. The summed E-state index contributed by atoms with van der Waals surface area (Å²) in [5.74, 6) is 0.666. The van der Waals surface area contributed by atoms with Crippen LogP contribution in [0.1, 0.15) is 26.7 Å². The van der Waals surface area contributed by atoms with E-state index in [1.165, 1.54) is 0 Å². The average Bonchev–Trinajstić information content (AvgIpc) is 3.16. The molecule has 5 rings (SSSR count). The topological polar surface area (TPSA) is 46.6 Å². The Labute approximate surface area is 189 Å². The summed E-state index contributed by atoms with van der Waals surface area (Å²) in [6, 6.07) is 23.6. The van der Waals surface area contributed by atoms with Crippen LogP contribution >= 0.6 is 0 Å². The Kier molecular flexibility index (Phi) is 5.19. The van der Waals surface area contributed by atoms with Crippen molar-refractivity contribution in [2.45, 2.75) is 43.7 Å². The summed E-state index contributed by atoms with van der Waals surface area (Å²) < 4.78 is 35.7. The monoisotopic (exact) mass is 445 g/mol. The van der Waals surface area contributed by atoms with Crippen LogP contribution in [0.2, 0.25) is 0 Å². The Morgan fingerprint density at radius 2 is 1.28 bits per heavy atom. The zero-order valence-electron chi connectivity index (χ0n) is 18.6. The van der Waals surface area contributed by atoms with Crippen LogP contribution in [-0.4, -0.2) is 31.9 Å². The van der Waals surface area contributed by atoms with Gasteiger partial charge in [-0.1, -0.05) is 60.7 Å². The second kappa shape index (κ2) is 7.91. The minimum Gasteiger partial charge on any atom is -0.496 e. The molecule has 0 radical (unpaired) electrons. The third-order valence-corrected chi connectivity index (χ3v) is 8.85. The molecule has 1 fully saturated rings. The second-order valence-corrected chi connectivity index (χ2v) is 10.4. The number of hydrogen-bond acceptors (Lipinski definition) is 3. The van der Waals surface area contributed by atoms with Gasteiger partial charge in [0.25, 0.3) is 0 Å². The molecule has 1 saturated heterocycles. The van der Waals surface area contributed by atoms with Crippen LogP contribution in [0.5, 0.6) is 5.75 Å². The normalized spacial score (nSPS) is 19.6. The Morgan fingerprint density at radius 1 is 0.750 bits per heavy atom. The van der Waals surface area contributed by atoms with Crippen molar-refractivity contribution in [2.24, 2.45) is 0 Å². The fourth-order valence-corrected chi connectivity index (χ4v) is 7.26. The summed E-state index contributed by atoms with van der Waals surface area (Å²) in [5.41, 5.74) is 1.53. The minimum absolute atomic E-state index is 0.0243. The molecule has 0 amide bonds. The van der Waals surface area contributed by atoms with Crippen LogP contribution in [0, 0.1) is 0 Å². The van der Waals surface area contributed by atoms with E-state index in [4.69, 9.17) is 4.74 Å². The zero-order chi connectivity index (χ0) is 22.5. The molecule has 2 atom stereocenters.